The molecule has 0 aliphatic carbocycles. The molecule has 0 N–H and O–H groups in total. The maximum Gasteiger partial charge on any atom is 0.211 e. The molecule has 1 rings (SSSR count). The van der Waals surface area contributed by atoms with Gasteiger partial charge in [-0.1, -0.05) is 0 Å². The number of hydrogen-bond acceptors (Lipinski definition) is 3. The standard InChI is InChI=1S/C11H24N4O2S.HI/c1-13(2)11(14(3)4)12-8-10-6-7-15(9-10)18(5,16)17;/h10H,6-9H2,1-5H3;1H. The highest BCUT2D eigenvalue weighted by atomic mass is 127. The number of guanidine groups is 1. The van der Waals surface area contributed by atoms with Crippen LogP contribution in [-0.4, -0.2) is 82.6 Å². The smallest absolute Gasteiger partial charge is 0.211 e. The molecule has 1 aliphatic rings. The van der Waals surface area contributed by atoms with Crippen molar-refractivity contribution in [1.82, 2.24) is 14.1 Å². The molecule has 0 aromatic rings. The van der Waals surface area contributed by atoms with Gasteiger partial charge in [0.2, 0.25) is 10.0 Å². The highest BCUT2D eigenvalue weighted by molar-refractivity contribution is 14.0. The Labute approximate surface area is 133 Å². The van der Waals surface area contributed by atoms with Gasteiger partial charge >= 0.3 is 0 Å². The normalized spacial score (nSPS) is 19.7. The molecule has 1 atom stereocenters. The van der Waals surface area contributed by atoms with Crippen molar-refractivity contribution >= 4 is 40.0 Å². The molecule has 1 heterocycles. The zero-order valence-electron chi connectivity index (χ0n) is 12.3. The summed E-state index contributed by atoms with van der Waals surface area (Å²) in [7, 11) is 4.78. The van der Waals surface area contributed by atoms with Crippen molar-refractivity contribution in [3.63, 3.8) is 0 Å². The lowest BCUT2D eigenvalue weighted by Gasteiger charge is -2.23. The lowest BCUT2D eigenvalue weighted by atomic mass is 10.1. The summed E-state index contributed by atoms with van der Waals surface area (Å²) in [6.45, 7) is 1.90. The Bertz CT molecular complexity index is 399. The lowest BCUT2D eigenvalue weighted by Crippen LogP contribution is -2.36. The predicted molar refractivity (Wildman–Crippen MR) is 89.6 cm³/mol. The number of rotatable bonds is 3. The molecule has 0 aromatic carbocycles. The molecular weight excluding hydrogens is 379 g/mol. The molecule has 0 radical (unpaired) electrons. The fraction of sp³-hybridized carbons (Fsp3) is 0.909. The van der Waals surface area contributed by atoms with Crippen LogP contribution < -0.4 is 0 Å². The van der Waals surface area contributed by atoms with Crippen molar-refractivity contribution in [2.45, 2.75) is 6.42 Å². The SMILES string of the molecule is CN(C)C(=NCC1CCN(S(C)(=O)=O)C1)N(C)C.I. The van der Waals surface area contributed by atoms with E-state index in [1.54, 1.807) is 0 Å². The minimum atomic E-state index is -3.04. The van der Waals surface area contributed by atoms with Crippen LogP contribution in [0.5, 0.6) is 0 Å². The van der Waals surface area contributed by atoms with Crippen LogP contribution in [0.15, 0.2) is 4.99 Å². The Hall–Kier alpha value is -0.0900. The molecule has 0 bridgehead atoms. The van der Waals surface area contributed by atoms with Gasteiger partial charge in [0.15, 0.2) is 5.96 Å². The van der Waals surface area contributed by atoms with Crippen molar-refractivity contribution in [2.24, 2.45) is 10.9 Å². The topological polar surface area (TPSA) is 56.2 Å². The third-order valence-corrected chi connectivity index (χ3v) is 4.28. The molecule has 0 spiro atoms. The number of nitrogens with zero attached hydrogens (tertiary/aromatic N) is 4. The van der Waals surface area contributed by atoms with E-state index in [1.165, 1.54) is 10.6 Å². The highest BCUT2D eigenvalue weighted by Crippen LogP contribution is 2.19. The van der Waals surface area contributed by atoms with E-state index in [0.717, 1.165) is 12.4 Å². The Kier molecular flexibility index (Phi) is 7.59. The van der Waals surface area contributed by atoms with Crippen molar-refractivity contribution in [3.8, 4) is 0 Å². The highest BCUT2D eigenvalue weighted by Gasteiger charge is 2.28. The van der Waals surface area contributed by atoms with E-state index < -0.39 is 10.0 Å². The van der Waals surface area contributed by atoms with Gasteiger partial charge in [0.25, 0.3) is 0 Å². The van der Waals surface area contributed by atoms with Crippen molar-refractivity contribution in [2.75, 3.05) is 54.1 Å². The van der Waals surface area contributed by atoms with E-state index in [2.05, 4.69) is 4.99 Å². The second-order valence-corrected chi connectivity index (χ2v) is 7.19. The molecule has 8 heteroatoms. The van der Waals surface area contributed by atoms with Crippen LogP contribution in [0.2, 0.25) is 0 Å². The van der Waals surface area contributed by atoms with Gasteiger partial charge in [-0.15, -0.1) is 24.0 Å². The largest absolute Gasteiger partial charge is 0.349 e. The molecule has 1 unspecified atom stereocenters. The third kappa shape index (κ3) is 5.82. The zero-order valence-corrected chi connectivity index (χ0v) is 15.5. The van der Waals surface area contributed by atoms with Crippen LogP contribution in [0.3, 0.4) is 0 Å². The van der Waals surface area contributed by atoms with Crippen LogP contribution in [0.25, 0.3) is 0 Å². The first-order valence-corrected chi connectivity index (χ1v) is 7.91. The summed E-state index contributed by atoms with van der Waals surface area (Å²) in [4.78, 5) is 8.49. The van der Waals surface area contributed by atoms with E-state index in [1.807, 2.05) is 38.0 Å². The van der Waals surface area contributed by atoms with Gasteiger partial charge in [-0.25, -0.2) is 12.7 Å². The molecule has 0 amide bonds. The maximum atomic E-state index is 11.4. The van der Waals surface area contributed by atoms with Gasteiger partial charge < -0.3 is 9.80 Å². The maximum absolute atomic E-state index is 11.4. The second-order valence-electron chi connectivity index (χ2n) is 5.21. The number of hydrogen-bond donors (Lipinski definition) is 0. The minimum absolute atomic E-state index is 0. The van der Waals surface area contributed by atoms with E-state index in [0.29, 0.717) is 25.6 Å². The van der Waals surface area contributed by atoms with Crippen molar-refractivity contribution in [1.29, 1.82) is 0 Å². The van der Waals surface area contributed by atoms with Crippen molar-refractivity contribution < 1.29 is 8.42 Å². The van der Waals surface area contributed by atoms with Gasteiger partial charge in [-0.05, 0) is 12.3 Å². The first kappa shape index (κ1) is 18.9. The van der Waals surface area contributed by atoms with Crippen molar-refractivity contribution in [3.05, 3.63) is 0 Å². The predicted octanol–water partition coefficient (Wildman–Crippen LogP) is 0.365. The van der Waals surface area contributed by atoms with Crippen LogP contribution in [0, 0.1) is 5.92 Å². The van der Waals surface area contributed by atoms with Gasteiger partial charge in [-0.2, -0.15) is 0 Å². The molecule has 1 saturated heterocycles. The zero-order chi connectivity index (χ0) is 13.9. The Morgan fingerprint density at radius 1 is 1.26 bits per heavy atom. The van der Waals surface area contributed by atoms with E-state index in [-0.39, 0.29) is 24.0 Å². The summed E-state index contributed by atoms with van der Waals surface area (Å²) in [5.41, 5.74) is 0. The average molecular weight is 404 g/mol. The van der Waals surface area contributed by atoms with Gasteiger partial charge in [0.1, 0.15) is 0 Å². The number of halogens is 1. The summed E-state index contributed by atoms with van der Waals surface area (Å²) in [5.74, 6) is 1.24. The average Bonchev–Trinajstić information content (AvgIpc) is 2.64. The minimum Gasteiger partial charge on any atom is -0.349 e. The summed E-state index contributed by atoms with van der Waals surface area (Å²) in [6.07, 6.45) is 2.16. The summed E-state index contributed by atoms with van der Waals surface area (Å²) >= 11 is 0. The van der Waals surface area contributed by atoms with Gasteiger partial charge in [0.05, 0.1) is 6.26 Å². The van der Waals surface area contributed by atoms with Crippen LogP contribution in [0.4, 0.5) is 0 Å². The second kappa shape index (κ2) is 7.63. The molecule has 1 fully saturated rings. The van der Waals surface area contributed by atoms with E-state index in [9.17, 15) is 8.42 Å². The third-order valence-electron chi connectivity index (χ3n) is 3.01. The summed E-state index contributed by atoms with van der Waals surface area (Å²) in [5, 5.41) is 0. The molecule has 1 aliphatic heterocycles. The fourth-order valence-corrected chi connectivity index (χ4v) is 3.06. The molecular formula is C11H25IN4O2S. The number of sulfonamides is 1. The first-order chi connectivity index (χ1) is 8.21. The summed E-state index contributed by atoms with van der Waals surface area (Å²) < 4.78 is 24.4. The Morgan fingerprint density at radius 3 is 2.16 bits per heavy atom. The first-order valence-electron chi connectivity index (χ1n) is 6.06. The molecule has 19 heavy (non-hydrogen) atoms. The monoisotopic (exact) mass is 404 g/mol. The van der Waals surface area contributed by atoms with Gasteiger partial charge in [0, 0.05) is 47.8 Å². The van der Waals surface area contributed by atoms with Crippen LogP contribution >= 0.6 is 24.0 Å². The van der Waals surface area contributed by atoms with Crippen LogP contribution in [0.1, 0.15) is 6.42 Å². The lowest BCUT2D eigenvalue weighted by molar-refractivity contribution is 0.454. The number of aliphatic imine (C=N–C) groups is 1. The quantitative estimate of drug-likeness (QED) is 0.388. The molecule has 0 aromatic heterocycles. The van der Waals surface area contributed by atoms with Gasteiger partial charge in [-0.3, -0.25) is 4.99 Å². The molecule has 0 saturated carbocycles. The van der Waals surface area contributed by atoms with Crippen LogP contribution in [-0.2, 0) is 10.0 Å². The summed E-state index contributed by atoms with van der Waals surface area (Å²) in [6, 6.07) is 0. The molecule has 6 nitrogen and oxygen atoms in total. The van der Waals surface area contributed by atoms with E-state index in [4.69, 9.17) is 0 Å². The molecule has 114 valence electrons. The Morgan fingerprint density at radius 2 is 1.79 bits per heavy atom. The fourth-order valence-electron chi connectivity index (χ4n) is 2.14. The Balaban J connectivity index is 0.00000324. The van der Waals surface area contributed by atoms with E-state index >= 15 is 0 Å².